The van der Waals surface area contributed by atoms with E-state index in [1.807, 2.05) is 12.1 Å². The number of fused-ring (bicyclic) bond motifs is 2. The lowest BCUT2D eigenvalue weighted by molar-refractivity contribution is -0.134. The van der Waals surface area contributed by atoms with Crippen LogP contribution in [0.3, 0.4) is 0 Å². The smallest absolute Gasteiger partial charge is 0.325 e. The van der Waals surface area contributed by atoms with Gasteiger partial charge in [-0.05, 0) is 36.8 Å². The molecular weight excluding hydrogens is 418 g/mol. The molecule has 2 N–H and O–H groups in total. The average Bonchev–Trinajstić information content (AvgIpc) is 3.36. The summed E-state index contributed by atoms with van der Waals surface area (Å²) in [5.41, 5.74) is -0.781. The number of imide groups is 1. The Morgan fingerprint density at radius 2 is 1.84 bits per heavy atom. The van der Waals surface area contributed by atoms with Gasteiger partial charge in [-0.25, -0.2) is 4.79 Å². The van der Waals surface area contributed by atoms with E-state index in [9.17, 15) is 14.4 Å². The molecule has 0 unspecified atom stereocenters. The fourth-order valence-corrected chi connectivity index (χ4v) is 3.83. The van der Waals surface area contributed by atoms with Crippen molar-refractivity contribution in [3.05, 3.63) is 48.0 Å². The number of hydrogen-bond acceptors (Lipinski definition) is 7. The van der Waals surface area contributed by atoms with Gasteiger partial charge in [-0.15, -0.1) is 0 Å². The Bertz CT molecular complexity index is 1100. The SMILES string of the molecule is C[C@@]1(c2ccc3c(c2)OCO3)NC(=O)N(CC(=O)NC[C@H]2COc3ccccc3O2)C1=O. The number of para-hydroxylation sites is 2. The maximum Gasteiger partial charge on any atom is 0.325 e. The van der Waals surface area contributed by atoms with Crippen molar-refractivity contribution >= 4 is 17.8 Å². The molecule has 1 fully saturated rings. The van der Waals surface area contributed by atoms with Crippen molar-refractivity contribution in [2.45, 2.75) is 18.6 Å². The zero-order valence-electron chi connectivity index (χ0n) is 17.3. The molecule has 0 spiro atoms. The van der Waals surface area contributed by atoms with Gasteiger partial charge in [0, 0.05) is 0 Å². The molecule has 3 heterocycles. The largest absolute Gasteiger partial charge is 0.486 e. The number of rotatable bonds is 5. The summed E-state index contributed by atoms with van der Waals surface area (Å²) in [6.45, 7) is 1.74. The summed E-state index contributed by atoms with van der Waals surface area (Å²) in [5.74, 6) is 1.32. The van der Waals surface area contributed by atoms with Crippen molar-refractivity contribution < 1.29 is 33.3 Å². The van der Waals surface area contributed by atoms with Crippen LogP contribution in [-0.4, -0.2) is 55.3 Å². The minimum atomic E-state index is -1.32. The Morgan fingerprint density at radius 3 is 2.69 bits per heavy atom. The Hall–Kier alpha value is -3.95. The lowest BCUT2D eigenvalue weighted by Crippen LogP contribution is -2.46. The minimum absolute atomic E-state index is 0.101. The summed E-state index contributed by atoms with van der Waals surface area (Å²) < 4.78 is 22.1. The van der Waals surface area contributed by atoms with Crippen molar-refractivity contribution in [3.8, 4) is 23.0 Å². The summed E-state index contributed by atoms with van der Waals surface area (Å²) in [7, 11) is 0. The number of carbonyl (C=O) groups excluding carboxylic acids is 3. The van der Waals surface area contributed by atoms with Crippen LogP contribution in [0.15, 0.2) is 42.5 Å². The van der Waals surface area contributed by atoms with E-state index in [2.05, 4.69) is 10.6 Å². The topological polar surface area (TPSA) is 115 Å². The first kappa shape index (κ1) is 20.0. The fraction of sp³-hybridized carbons (Fsp3) is 0.318. The van der Waals surface area contributed by atoms with Crippen LogP contribution in [0.2, 0.25) is 0 Å². The van der Waals surface area contributed by atoms with Crippen molar-refractivity contribution in [1.29, 1.82) is 0 Å². The highest BCUT2D eigenvalue weighted by Crippen LogP contribution is 2.37. The second-order valence-electron chi connectivity index (χ2n) is 7.82. The molecule has 0 bridgehead atoms. The zero-order valence-corrected chi connectivity index (χ0v) is 17.3. The Balaban J connectivity index is 1.21. The highest BCUT2D eigenvalue weighted by molar-refractivity contribution is 6.09. The summed E-state index contributed by atoms with van der Waals surface area (Å²) in [5, 5.41) is 5.37. The molecule has 4 amide bonds. The molecule has 0 radical (unpaired) electrons. The third-order valence-electron chi connectivity index (χ3n) is 5.62. The number of urea groups is 1. The number of benzene rings is 2. The molecule has 166 valence electrons. The van der Waals surface area contributed by atoms with E-state index in [0.717, 1.165) is 4.90 Å². The van der Waals surface area contributed by atoms with Gasteiger partial charge < -0.3 is 29.6 Å². The van der Waals surface area contributed by atoms with Crippen LogP contribution >= 0.6 is 0 Å². The molecular formula is C22H21N3O7. The van der Waals surface area contributed by atoms with E-state index in [1.165, 1.54) is 0 Å². The van der Waals surface area contributed by atoms with Crippen LogP contribution in [0, 0.1) is 0 Å². The van der Waals surface area contributed by atoms with Crippen molar-refractivity contribution in [2.75, 3.05) is 26.5 Å². The molecule has 3 aliphatic rings. The van der Waals surface area contributed by atoms with Gasteiger partial charge in [0.05, 0.1) is 6.54 Å². The first-order chi connectivity index (χ1) is 15.4. The number of nitrogens with one attached hydrogen (secondary N) is 2. The zero-order chi connectivity index (χ0) is 22.3. The molecule has 5 rings (SSSR count). The van der Waals surface area contributed by atoms with E-state index >= 15 is 0 Å². The van der Waals surface area contributed by atoms with Gasteiger partial charge in [0.2, 0.25) is 12.7 Å². The van der Waals surface area contributed by atoms with Gasteiger partial charge in [-0.1, -0.05) is 18.2 Å². The maximum absolute atomic E-state index is 13.1. The van der Waals surface area contributed by atoms with E-state index in [4.69, 9.17) is 18.9 Å². The van der Waals surface area contributed by atoms with E-state index in [-0.39, 0.29) is 26.0 Å². The Morgan fingerprint density at radius 1 is 1.09 bits per heavy atom. The standard InChI is InChI=1S/C22H21N3O7/c1-22(13-6-7-16-18(8-13)31-12-30-16)20(27)25(21(28)24-22)10-19(26)23-9-14-11-29-15-4-2-3-5-17(15)32-14/h2-8,14H,9-12H2,1H3,(H,23,26)(H,24,28)/t14-,22-/m0/s1. The minimum Gasteiger partial charge on any atom is -0.486 e. The highest BCUT2D eigenvalue weighted by Gasteiger charge is 2.50. The number of nitrogens with zero attached hydrogens (tertiary/aromatic N) is 1. The molecule has 2 atom stereocenters. The van der Waals surface area contributed by atoms with Gasteiger partial charge in [0.15, 0.2) is 23.0 Å². The first-order valence-electron chi connectivity index (χ1n) is 10.1. The van der Waals surface area contributed by atoms with Crippen LogP contribution in [0.5, 0.6) is 23.0 Å². The quantitative estimate of drug-likeness (QED) is 0.672. The third kappa shape index (κ3) is 3.43. The van der Waals surface area contributed by atoms with Crippen molar-refractivity contribution in [1.82, 2.24) is 15.5 Å². The van der Waals surface area contributed by atoms with Gasteiger partial charge in [-0.2, -0.15) is 0 Å². The molecule has 10 nitrogen and oxygen atoms in total. The van der Waals surface area contributed by atoms with E-state index in [0.29, 0.717) is 28.6 Å². The van der Waals surface area contributed by atoms with Gasteiger partial charge in [0.25, 0.3) is 5.91 Å². The number of amides is 4. The number of carbonyl (C=O) groups is 3. The third-order valence-corrected chi connectivity index (χ3v) is 5.62. The second kappa shape index (κ2) is 7.63. The maximum atomic E-state index is 13.1. The molecule has 10 heteroatoms. The van der Waals surface area contributed by atoms with Crippen LogP contribution in [0.25, 0.3) is 0 Å². The van der Waals surface area contributed by atoms with E-state index < -0.39 is 29.9 Å². The van der Waals surface area contributed by atoms with Gasteiger partial charge >= 0.3 is 6.03 Å². The predicted octanol–water partition coefficient (Wildman–Crippen LogP) is 1.14. The molecule has 32 heavy (non-hydrogen) atoms. The summed E-state index contributed by atoms with van der Waals surface area (Å²) in [4.78, 5) is 38.9. The molecule has 0 saturated carbocycles. The van der Waals surface area contributed by atoms with Crippen LogP contribution in [0.1, 0.15) is 12.5 Å². The van der Waals surface area contributed by atoms with Gasteiger partial charge in [-0.3, -0.25) is 14.5 Å². The number of hydrogen-bond donors (Lipinski definition) is 2. The molecule has 2 aromatic rings. The van der Waals surface area contributed by atoms with Crippen LogP contribution in [-0.2, 0) is 15.1 Å². The Labute approximate surface area is 183 Å². The highest BCUT2D eigenvalue weighted by atomic mass is 16.7. The Kier molecular flexibility index (Phi) is 4.76. The monoisotopic (exact) mass is 439 g/mol. The first-order valence-corrected chi connectivity index (χ1v) is 10.1. The molecule has 2 aromatic carbocycles. The molecule has 1 saturated heterocycles. The normalized spacial score (nSPS) is 23.2. The molecule has 0 aliphatic carbocycles. The van der Waals surface area contributed by atoms with E-state index in [1.54, 1.807) is 37.3 Å². The lowest BCUT2D eigenvalue weighted by Gasteiger charge is -2.26. The summed E-state index contributed by atoms with van der Waals surface area (Å²) >= 11 is 0. The fourth-order valence-electron chi connectivity index (χ4n) is 3.83. The molecule has 0 aromatic heterocycles. The molecule has 3 aliphatic heterocycles. The summed E-state index contributed by atoms with van der Waals surface area (Å²) in [6.07, 6.45) is -0.379. The average molecular weight is 439 g/mol. The number of ether oxygens (including phenoxy) is 4. The van der Waals surface area contributed by atoms with Crippen molar-refractivity contribution in [3.63, 3.8) is 0 Å². The van der Waals surface area contributed by atoms with Gasteiger partial charge in [0.1, 0.15) is 24.8 Å². The lowest BCUT2D eigenvalue weighted by atomic mass is 9.91. The van der Waals surface area contributed by atoms with Crippen molar-refractivity contribution in [2.24, 2.45) is 0 Å². The van der Waals surface area contributed by atoms with Crippen LogP contribution < -0.4 is 29.6 Å². The second-order valence-corrected chi connectivity index (χ2v) is 7.82. The predicted molar refractivity (Wildman–Crippen MR) is 110 cm³/mol. The summed E-state index contributed by atoms with van der Waals surface area (Å²) in [6, 6.07) is 11.7. The van der Waals surface area contributed by atoms with Crippen LogP contribution in [0.4, 0.5) is 4.79 Å².